The van der Waals surface area contributed by atoms with Crippen LogP contribution in [0.4, 0.5) is 0 Å². The summed E-state index contributed by atoms with van der Waals surface area (Å²) in [5.74, 6) is 1.02. The molecule has 0 amide bonds. The van der Waals surface area contributed by atoms with E-state index in [0.717, 1.165) is 17.9 Å². The highest BCUT2D eigenvalue weighted by Gasteiger charge is 2.01. The molecule has 0 saturated carbocycles. The van der Waals surface area contributed by atoms with E-state index in [1.165, 1.54) is 5.56 Å². The molecule has 62 valence electrons. The summed E-state index contributed by atoms with van der Waals surface area (Å²) >= 11 is 0. The van der Waals surface area contributed by atoms with Crippen LogP contribution in [0, 0.1) is 6.92 Å². The number of fused-ring (bicyclic) bond motifs is 1. The number of aryl methyl sites for hydroxylation is 2. The van der Waals surface area contributed by atoms with Gasteiger partial charge in [-0.2, -0.15) is 0 Å². The predicted octanol–water partition coefficient (Wildman–Crippen LogP) is 1.60. The summed E-state index contributed by atoms with van der Waals surface area (Å²) in [7, 11) is 0. The van der Waals surface area contributed by atoms with Gasteiger partial charge in [0.25, 0.3) is 0 Å². The molecule has 3 heteroatoms. The molecule has 0 spiro atoms. The van der Waals surface area contributed by atoms with Crippen molar-refractivity contribution in [1.29, 1.82) is 0 Å². The zero-order chi connectivity index (χ0) is 8.55. The number of nitrogens with zero attached hydrogens (tertiary/aromatic N) is 3. The third-order valence-electron chi connectivity index (χ3n) is 1.95. The standard InChI is InChI=1S/C9H11N3/c1-3-8-10-11-9-6-7(2)4-5-12(8)9/h4-6H,3H2,1-2H3. The van der Waals surface area contributed by atoms with E-state index in [-0.39, 0.29) is 0 Å². The maximum Gasteiger partial charge on any atom is 0.161 e. The van der Waals surface area contributed by atoms with E-state index in [1.54, 1.807) is 0 Å². The lowest BCUT2D eigenvalue weighted by Crippen LogP contribution is -1.91. The first kappa shape index (κ1) is 7.28. The molecule has 2 aromatic rings. The van der Waals surface area contributed by atoms with Crippen molar-refractivity contribution < 1.29 is 0 Å². The third kappa shape index (κ3) is 0.978. The Morgan fingerprint density at radius 2 is 2.25 bits per heavy atom. The minimum absolute atomic E-state index is 0.921. The van der Waals surface area contributed by atoms with Crippen LogP contribution in [0.25, 0.3) is 5.65 Å². The zero-order valence-corrected chi connectivity index (χ0v) is 7.28. The molecule has 0 aliphatic carbocycles. The second kappa shape index (κ2) is 2.59. The lowest BCUT2D eigenvalue weighted by Gasteiger charge is -1.96. The van der Waals surface area contributed by atoms with Crippen molar-refractivity contribution in [3.63, 3.8) is 0 Å². The Bertz CT molecular complexity index is 403. The second-order valence-electron chi connectivity index (χ2n) is 2.90. The summed E-state index contributed by atoms with van der Waals surface area (Å²) in [6.07, 6.45) is 2.94. The van der Waals surface area contributed by atoms with Gasteiger partial charge in [0.05, 0.1) is 0 Å². The van der Waals surface area contributed by atoms with Crippen LogP contribution in [0.5, 0.6) is 0 Å². The highest BCUT2D eigenvalue weighted by molar-refractivity contribution is 5.40. The van der Waals surface area contributed by atoms with Gasteiger partial charge in [0.1, 0.15) is 5.82 Å². The molecule has 3 nitrogen and oxygen atoms in total. The predicted molar refractivity (Wildman–Crippen MR) is 47.1 cm³/mol. The minimum atomic E-state index is 0.921. The largest absolute Gasteiger partial charge is 0.286 e. The van der Waals surface area contributed by atoms with E-state index in [2.05, 4.69) is 30.1 Å². The number of hydrogen-bond donors (Lipinski definition) is 0. The van der Waals surface area contributed by atoms with Gasteiger partial charge in [0.2, 0.25) is 0 Å². The average molecular weight is 161 g/mol. The van der Waals surface area contributed by atoms with Crippen LogP contribution in [-0.4, -0.2) is 14.6 Å². The van der Waals surface area contributed by atoms with Gasteiger partial charge >= 0.3 is 0 Å². The molecular weight excluding hydrogens is 150 g/mol. The molecule has 0 aliphatic heterocycles. The molecule has 2 heterocycles. The van der Waals surface area contributed by atoms with Crippen LogP contribution in [0.3, 0.4) is 0 Å². The first-order valence-electron chi connectivity index (χ1n) is 4.11. The van der Waals surface area contributed by atoms with E-state index >= 15 is 0 Å². The highest BCUT2D eigenvalue weighted by Crippen LogP contribution is 2.06. The number of hydrogen-bond acceptors (Lipinski definition) is 2. The molecule has 2 aromatic heterocycles. The first-order chi connectivity index (χ1) is 5.81. The van der Waals surface area contributed by atoms with Crippen LogP contribution in [0.2, 0.25) is 0 Å². The molecule has 2 rings (SSSR count). The molecule has 0 aliphatic rings. The van der Waals surface area contributed by atoms with Crippen LogP contribution < -0.4 is 0 Å². The Morgan fingerprint density at radius 3 is 3.00 bits per heavy atom. The lowest BCUT2D eigenvalue weighted by molar-refractivity contribution is 0.909. The Hall–Kier alpha value is -1.38. The van der Waals surface area contributed by atoms with Crippen molar-refractivity contribution in [3.05, 3.63) is 29.7 Å². The Kier molecular flexibility index (Phi) is 1.57. The van der Waals surface area contributed by atoms with Crippen molar-refractivity contribution in [2.45, 2.75) is 20.3 Å². The van der Waals surface area contributed by atoms with Gasteiger partial charge in [-0.25, -0.2) is 0 Å². The van der Waals surface area contributed by atoms with Gasteiger partial charge in [-0.05, 0) is 24.6 Å². The third-order valence-corrected chi connectivity index (χ3v) is 1.95. The van der Waals surface area contributed by atoms with Gasteiger partial charge in [-0.15, -0.1) is 10.2 Å². The van der Waals surface area contributed by atoms with Crippen LogP contribution >= 0.6 is 0 Å². The molecule has 0 atom stereocenters. The Morgan fingerprint density at radius 1 is 1.42 bits per heavy atom. The van der Waals surface area contributed by atoms with E-state index in [4.69, 9.17) is 0 Å². The SMILES string of the molecule is CCc1nnc2cc(C)ccn12. The van der Waals surface area contributed by atoms with Gasteiger partial charge < -0.3 is 0 Å². The smallest absolute Gasteiger partial charge is 0.161 e. The number of rotatable bonds is 1. The number of aromatic nitrogens is 3. The van der Waals surface area contributed by atoms with Gasteiger partial charge in [0.15, 0.2) is 5.65 Å². The summed E-state index contributed by atoms with van der Waals surface area (Å²) in [6, 6.07) is 4.10. The summed E-state index contributed by atoms with van der Waals surface area (Å²) < 4.78 is 2.02. The molecule has 0 aromatic carbocycles. The molecule has 0 bridgehead atoms. The van der Waals surface area contributed by atoms with E-state index in [1.807, 2.05) is 16.7 Å². The van der Waals surface area contributed by atoms with Gasteiger partial charge in [0, 0.05) is 12.6 Å². The summed E-state index contributed by atoms with van der Waals surface area (Å²) in [6.45, 7) is 4.14. The summed E-state index contributed by atoms with van der Waals surface area (Å²) in [5.41, 5.74) is 2.16. The summed E-state index contributed by atoms with van der Waals surface area (Å²) in [5, 5.41) is 8.13. The van der Waals surface area contributed by atoms with E-state index in [0.29, 0.717) is 0 Å². The topological polar surface area (TPSA) is 30.2 Å². The van der Waals surface area contributed by atoms with Crippen molar-refractivity contribution in [3.8, 4) is 0 Å². The second-order valence-corrected chi connectivity index (χ2v) is 2.90. The van der Waals surface area contributed by atoms with Crippen molar-refractivity contribution in [1.82, 2.24) is 14.6 Å². The van der Waals surface area contributed by atoms with Crippen molar-refractivity contribution in [2.75, 3.05) is 0 Å². The monoisotopic (exact) mass is 161 g/mol. The quantitative estimate of drug-likeness (QED) is 0.636. The molecule has 0 unspecified atom stereocenters. The fourth-order valence-corrected chi connectivity index (χ4v) is 1.28. The van der Waals surface area contributed by atoms with Crippen LogP contribution in [-0.2, 0) is 6.42 Å². The molecule has 0 N–H and O–H groups in total. The maximum absolute atomic E-state index is 4.07. The fourth-order valence-electron chi connectivity index (χ4n) is 1.28. The molecule has 12 heavy (non-hydrogen) atoms. The highest BCUT2D eigenvalue weighted by atomic mass is 15.2. The Balaban J connectivity index is 2.73. The summed E-state index contributed by atoms with van der Waals surface area (Å²) in [4.78, 5) is 0. The Labute approximate surface area is 71.1 Å². The number of pyridine rings is 1. The van der Waals surface area contributed by atoms with Crippen molar-refractivity contribution >= 4 is 5.65 Å². The average Bonchev–Trinajstić information content (AvgIpc) is 2.46. The molecular formula is C9H11N3. The molecule has 0 saturated heterocycles. The lowest BCUT2D eigenvalue weighted by atomic mass is 10.3. The van der Waals surface area contributed by atoms with E-state index in [9.17, 15) is 0 Å². The van der Waals surface area contributed by atoms with Gasteiger partial charge in [-0.1, -0.05) is 6.92 Å². The maximum atomic E-state index is 4.07. The van der Waals surface area contributed by atoms with Gasteiger partial charge in [-0.3, -0.25) is 4.40 Å². The van der Waals surface area contributed by atoms with Crippen LogP contribution in [0.15, 0.2) is 18.3 Å². The molecule has 0 fully saturated rings. The van der Waals surface area contributed by atoms with Crippen molar-refractivity contribution in [2.24, 2.45) is 0 Å². The zero-order valence-electron chi connectivity index (χ0n) is 7.28. The molecule has 0 radical (unpaired) electrons. The van der Waals surface area contributed by atoms with E-state index < -0.39 is 0 Å². The fraction of sp³-hybridized carbons (Fsp3) is 0.333. The normalized spacial score (nSPS) is 10.8. The minimum Gasteiger partial charge on any atom is -0.286 e. The van der Waals surface area contributed by atoms with Crippen LogP contribution in [0.1, 0.15) is 18.3 Å². The first-order valence-corrected chi connectivity index (χ1v) is 4.11.